The summed E-state index contributed by atoms with van der Waals surface area (Å²) in [5.74, 6) is 0. The summed E-state index contributed by atoms with van der Waals surface area (Å²) in [7, 11) is 0. The Hall–Kier alpha value is -0.850. The molecule has 0 saturated carbocycles. The van der Waals surface area contributed by atoms with Gasteiger partial charge in [-0.1, -0.05) is 0 Å². The number of rotatable bonds is 4. The summed E-state index contributed by atoms with van der Waals surface area (Å²) in [4.78, 5) is 14.5. The van der Waals surface area contributed by atoms with Gasteiger partial charge in [0.05, 0.1) is 24.9 Å². The third kappa shape index (κ3) is 4.83. The minimum Gasteiger partial charge on any atom is -0.379 e. The van der Waals surface area contributed by atoms with Crippen LogP contribution in [0.2, 0.25) is 0 Å². The van der Waals surface area contributed by atoms with Crippen molar-refractivity contribution in [3.63, 3.8) is 0 Å². The molecule has 6 heteroatoms. The molecule has 0 aromatic carbocycles. The van der Waals surface area contributed by atoms with Crippen LogP contribution < -0.4 is 10.6 Å². The van der Waals surface area contributed by atoms with E-state index in [1.54, 1.807) is 0 Å². The summed E-state index contributed by atoms with van der Waals surface area (Å²) in [6.07, 6.45) is 0.865. The average molecular weight is 299 g/mol. The van der Waals surface area contributed by atoms with E-state index in [1.165, 1.54) is 0 Å². The quantitative estimate of drug-likeness (QED) is 0.812. The average Bonchev–Trinajstić information content (AvgIpc) is 2.68. The topological polar surface area (TPSA) is 62.8 Å². The Balaban J connectivity index is 1.80. The highest BCUT2D eigenvalue weighted by Crippen LogP contribution is 2.24. The number of ether oxygens (including phenoxy) is 2. The van der Waals surface area contributed by atoms with Gasteiger partial charge in [-0.15, -0.1) is 0 Å². The van der Waals surface area contributed by atoms with Crippen LogP contribution in [0.1, 0.15) is 34.1 Å². The maximum Gasteiger partial charge on any atom is 0.315 e. The fourth-order valence-corrected chi connectivity index (χ4v) is 2.99. The predicted molar refractivity (Wildman–Crippen MR) is 81.4 cm³/mol. The Kier molecular flexibility index (Phi) is 5.11. The second-order valence-corrected chi connectivity index (χ2v) is 7.16. The smallest absolute Gasteiger partial charge is 0.315 e. The fraction of sp³-hybridized carbons (Fsp3) is 0.933. The third-order valence-corrected chi connectivity index (χ3v) is 4.20. The van der Waals surface area contributed by atoms with E-state index in [9.17, 15) is 4.79 Å². The maximum absolute atomic E-state index is 12.2. The number of urea groups is 1. The van der Waals surface area contributed by atoms with Crippen molar-refractivity contribution in [1.82, 2.24) is 15.5 Å². The van der Waals surface area contributed by atoms with Crippen LogP contribution in [0.15, 0.2) is 0 Å². The number of carbonyl (C=O) groups excluding carboxylic acids is 1. The number of carbonyl (C=O) groups is 1. The Morgan fingerprint density at radius 3 is 2.52 bits per heavy atom. The van der Waals surface area contributed by atoms with Gasteiger partial charge < -0.3 is 20.1 Å². The summed E-state index contributed by atoms with van der Waals surface area (Å²) in [5, 5.41) is 6.12. The molecule has 2 aliphatic rings. The summed E-state index contributed by atoms with van der Waals surface area (Å²) in [6, 6.07) is -0.0477. The van der Waals surface area contributed by atoms with Crippen LogP contribution in [-0.2, 0) is 9.47 Å². The molecule has 21 heavy (non-hydrogen) atoms. The fourth-order valence-electron chi connectivity index (χ4n) is 2.99. The lowest BCUT2D eigenvalue weighted by atomic mass is 9.99. The first-order chi connectivity index (χ1) is 9.78. The van der Waals surface area contributed by atoms with Crippen LogP contribution >= 0.6 is 0 Å². The molecule has 0 aliphatic carbocycles. The number of nitrogens with one attached hydrogen (secondary N) is 2. The van der Waals surface area contributed by atoms with Gasteiger partial charge in [-0.3, -0.25) is 4.90 Å². The lowest BCUT2D eigenvalue weighted by Crippen LogP contribution is -2.58. The van der Waals surface area contributed by atoms with Crippen molar-refractivity contribution < 1.29 is 14.3 Å². The first-order valence-electron chi connectivity index (χ1n) is 7.81. The van der Waals surface area contributed by atoms with E-state index in [2.05, 4.69) is 29.4 Å². The first-order valence-corrected chi connectivity index (χ1v) is 7.81. The molecule has 2 aliphatic heterocycles. The molecular formula is C15H29N3O3. The number of hydrogen-bond donors (Lipinski definition) is 2. The molecule has 0 aromatic rings. The zero-order valence-corrected chi connectivity index (χ0v) is 13.7. The normalized spacial score (nSPS) is 26.6. The van der Waals surface area contributed by atoms with Crippen molar-refractivity contribution in [3.05, 3.63) is 0 Å². The van der Waals surface area contributed by atoms with Gasteiger partial charge in [0.2, 0.25) is 0 Å². The van der Waals surface area contributed by atoms with Gasteiger partial charge in [0.25, 0.3) is 0 Å². The molecule has 6 nitrogen and oxygen atoms in total. The summed E-state index contributed by atoms with van der Waals surface area (Å²) < 4.78 is 11.0. The minimum absolute atomic E-state index is 0.0664. The van der Waals surface area contributed by atoms with Crippen molar-refractivity contribution in [1.29, 1.82) is 0 Å². The second-order valence-electron chi connectivity index (χ2n) is 7.16. The van der Waals surface area contributed by atoms with Gasteiger partial charge in [-0.05, 0) is 34.1 Å². The van der Waals surface area contributed by atoms with E-state index in [-0.39, 0.29) is 23.2 Å². The number of hydrogen-bond acceptors (Lipinski definition) is 4. The van der Waals surface area contributed by atoms with Crippen molar-refractivity contribution in [3.8, 4) is 0 Å². The summed E-state index contributed by atoms with van der Waals surface area (Å²) >= 11 is 0. The molecule has 2 amide bonds. The van der Waals surface area contributed by atoms with Crippen LogP contribution in [-0.4, -0.2) is 67.6 Å². The minimum atomic E-state index is -0.286. The molecule has 0 radical (unpaired) electrons. The van der Waals surface area contributed by atoms with Crippen LogP contribution in [0.5, 0.6) is 0 Å². The Morgan fingerprint density at radius 2 is 1.95 bits per heavy atom. The molecule has 2 saturated heterocycles. The highest BCUT2D eigenvalue weighted by atomic mass is 16.5. The number of amides is 2. The molecule has 2 rings (SSSR count). The van der Waals surface area contributed by atoms with Gasteiger partial charge in [0.1, 0.15) is 0 Å². The summed E-state index contributed by atoms with van der Waals surface area (Å²) in [5.41, 5.74) is -0.559. The first kappa shape index (κ1) is 16.5. The molecule has 0 spiro atoms. The molecule has 122 valence electrons. The second kappa shape index (κ2) is 6.50. The highest BCUT2D eigenvalue weighted by molar-refractivity contribution is 5.75. The molecule has 2 heterocycles. The lowest BCUT2D eigenvalue weighted by molar-refractivity contribution is 0.0220. The lowest BCUT2D eigenvalue weighted by Gasteiger charge is -2.36. The molecule has 2 fully saturated rings. The van der Waals surface area contributed by atoms with Crippen LogP contribution in [0.4, 0.5) is 4.79 Å². The zero-order chi connectivity index (χ0) is 15.5. The van der Waals surface area contributed by atoms with Gasteiger partial charge in [0, 0.05) is 31.8 Å². The Labute approximate surface area is 127 Å². The molecule has 0 bridgehead atoms. The molecule has 1 atom stereocenters. The number of morpholine rings is 1. The molecule has 1 unspecified atom stereocenters. The third-order valence-electron chi connectivity index (χ3n) is 4.20. The van der Waals surface area contributed by atoms with Crippen molar-refractivity contribution in [2.24, 2.45) is 0 Å². The maximum atomic E-state index is 12.2. The van der Waals surface area contributed by atoms with E-state index < -0.39 is 0 Å². The molecule has 2 N–H and O–H groups in total. The van der Waals surface area contributed by atoms with Crippen molar-refractivity contribution in [2.75, 3.05) is 39.5 Å². The monoisotopic (exact) mass is 299 g/mol. The van der Waals surface area contributed by atoms with E-state index >= 15 is 0 Å². The predicted octanol–water partition coefficient (Wildman–Crippen LogP) is 0.964. The standard InChI is InChI=1S/C15H29N3O3/c1-14(2,11-18-6-9-20-10-7-18)17-13(19)16-12-5-8-21-15(12,3)4/h12H,5-11H2,1-4H3,(H2,16,17,19). The van der Waals surface area contributed by atoms with Gasteiger partial charge >= 0.3 is 6.03 Å². The SMILES string of the molecule is CC(C)(CN1CCOCC1)NC(=O)NC1CCOC1(C)C. The van der Waals surface area contributed by atoms with Gasteiger partial charge in [-0.2, -0.15) is 0 Å². The van der Waals surface area contributed by atoms with Crippen LogP contribution in [0, 0.1) is 0 Å². The van der Waals surface area contributed by atoms with Crippen molar-refractivity contribution in [2.45, 2.75) is 51.3 Å². The van der Waals surface area contributed by atoms with Crippen molar-refractivity contribution >= 4 is 6.03 Å². The van der Waals surface area contributed by atoms with Gasteiger partial charge in [0.15, 0.2) is 0 Å². The zero-order valence-electron chi connectivity index (χ0n) is 13.7. The largest absolute Gasteiger partial charge is 0.379 e. The van der Waals surface area contributed by atoms with E-state index in [4.69, 9.17) is 9.47 Å². The van der Waals surface area contributed by atoms with E-state index in [0.717, 1.165) is 39.3 Å². The van der Waals surface area contributed by atoms with Gasteiger partial charge in [-0.25, -0.2) is 4.79 Å². The Morgan fingerprint density at radius 1 is 1.29 bits per heavy atom. The summed E-state index contributed by atoms with van der Waals surface area (Å²) in [6.45, 7) is 13.1. The molecule has 0 aromatic heterocycles. The highest BCUT2D eigenvalue weighted by Gasteiger charge is 2.37. The number of nitrogens with zero attached hydrogens (tertiary/aromatic N) is 1. The van der Waals surface area contributed by atoms with E-state index in [0.29, 0.717) is 6.61 Å². The van der Waals surface area contributed by atoms with Crippen LogP contribution in [0.25, 0.3) is 0 Å². The van der Waals surface area contributed by atoms with E-state index in [1.807, 2.05) is 13.8 Å². The Bertz CT molecular complexity index is 365. The molecular weight excluding hydrogens is 270 g/mol. The van der Waals surface area contributed by atoms with Crippen LogP contribution in [0.3, 0.4) is 0 Å².